The molecule has 2 rings (SSSR count). The summed E-state index contributed by atoms with van der Waals surface area (Å²) in [5.41, 5.74) is 7.84. The minimum absolute atomic E-state index is 0.0700. The van der Waals surface area contributed by atoms with Crippen LogP contribution in [-0.2, 0) is 6.42 Å². The maximum Gasteiger partial charge on any atom is 0.323 e. The van der Waals surface area contributed by atoms with Crippen LogP contribution in [0.4, 0.5) is 0 Å². The smallest absolute Gasteiger partial charge is 0.323 e. The molecule has 1 heterocycles. The molecule has 4 heteroatoms. The Labute approximate surface area is 76.5 Å². The summed E-state index contributed by atoms with van der Waals surface area (Å²) in [6.45, 7) is 1.91. The van der Waals surface area contributed by atoms with Gasteiger partial charge in [-0.2, -0.15) is 0 Å². The minimum Gasteiger partial charge on any atom is -0.325 e. The monoisotopic (exact) mass is 181 g/mol. The highest BCUT2D eigenvalue weighted by Crippen LogP contribution is 2.36. The molecule has 1 aromatic rings. The third-order valence-corrected chi connectivity index (χ3v) is 2.78. The Morgan fingerprint density at radius 1 is 1.46 bits per heavy atom. The molecule has 1 fully saturated rings. The van der Waals surface area contributed by atoms with Gasteiger partial charge in [-0.15, -0.1) is 0 Å². The van der Waals surface area contributed by atoms with Crippen LogP contribution in [0.5, 0.6) is 0 Å². The number of aromatic amines is 2. The molecule has 0 atom stereocenters. The van der Waals surface area contributed by atoms with E-state index < -0.39 is 0 Å². The molecular weight excluding hydrogens is 166 g/mol. The van der Waals surface area contributed by atoms with Crippen molar-refractivity contribution in [2.24, 2.45) is 5.73 Å². The number of H-pyrrole nitrogens is 2. The Balaban J connectivity index is 2.01. The standard InChI is InChI=1S/C9H15N3O/c1-6-7(12-8(13)11-6)2-3-9(10)4-5-9/h2-5,10H2,1H3,(H2,11,12,13). The first-order valence-corrected chi connectivity index (χ1v) is 4.66. The zero-order valence-corrected chi connectivity index (χ0v) is 7.81. The molecule has 0 unspecified atom stereocenters. The lowest BCUT2D eigenvalue weighted by atomic mass is 10.1. The molecule has 72 valence electrons. The maximum atomic E-state index is 10.9. The Bertz CT molecular complexity index is 359. The summed E-state index contributed by atoms with van der Waals surface area (Å²) >= 11 is 0. The Hall–Kier alpha value is -1.03. The lowest BCUT2D eigenvalue weighted by molar-refractivity contribution is 0.603. The average molecular weight is 181 g/mol. The normalized spacial score (nSPS) is 18.9. The number of hydrogen-bond donors (Lipinski definition) is 3. The average Bonchev–Trinajstić information content (AvgIpc) is 2.69. The van der Waals surface area contributed by atoms with Crippen LogP contribution >= 0.6 is 0 Å². The number of hydrogen-bond acceptors (Lipinski definition) is 2. The van der Waals surface area contributed by atoms with Crippen LogP contribution in [0.2, 0.25) is 0 Å². The largest absolute Gasteiger partial charge is 0.325 e. The van der Waals surface area contributed by atoms with Gasteiger partial charge in [0.2, 0.25) is 0 Å². The van der Waals surface area contributed by atoms with Gasteiger partial charge in [-0.05, 0) is 32.6 Å². The second kappa shape index (κ2) is 2.73. The maximum absolute atomic E-state index is 10.9. The van der Waals surface area contributed by atoms with Crippen molar-refractivity contribution >= 4 is 0 Å². The van der Waals surface area contributed by atoms with Crippen LogP contribution in [0, 0.1) is 6.92 Å². The zero-order valence-electron chi connectivity index (χ0n) is 7.81. The second-order valence-corrected chi connectivity index (χ2v) is 4.05. The summed E-state index contributed by atoms with van der Waals surface area (Å²) in [7, 11) is 0. The molecular formula is C9H15N3O. The first kappa shape index (κ1) is 8.56. The fourth-order valence-electron chi connectivity index (χ4n) is 1.54. The molecule has 1 aliphatic carbocycles. The molecule has 0 bridgehead atoms. The molecule has 1 aromatic heterocycles. The quantitative estimate of drug-likeness (QED) is 0.632. The van der Waals surface area contributed by atoms with Crippen LogP contribution < -0.4 is 11.4 Å². The highest BCUT2D eigenvalue weighted by molar-refractivity contribution is 5.11. The van der Waals surface area contributed by atoms with Gasteiger partial charge in [0.1, 0.15) is 0 Å². The fraction of sp³-hybridized carbons (Fsp3) is 0.667. The third kappa shape index (κ3) is 1.83. The molecule has 0 saturated heterocycles. The molecule has 4 nitrogen and oxygen atoms in total. The van der Waals surface area contributed by atoms with Gasteiger partial charge in [-0.3, -0.25) is 0 Å². The highest BCUT2D eigenvalue weighted by atomic mass is 16.1. The van der Waals surface area contributed by atoms with Gasteiger partial charge >= 0.3 is 5.69 Å². The Kier molecular flexibility index (Phi) is 1.80. The second-order valence-electron chi connectivity index (χ2n) is 4.05. The lowest BCUT2D eigenvalue weighted by Gasteiger charge is -2.06. The van der Waals surface area contributed by atoms with Crippen molar-refractivity contribution in [3.63, 3.8) is 0 Å². The number of aromatic nitrogens is 2. The van der Waals surface area contributed by atoms with E-state index in [9.17, 15) is 4.79 Å². The van der Waals surface area contributed by atoms with Crippen molar-refractivity contribution in [2.75, 3.05) is 0 Å². The molecule has 1 aliphatic rings. The van der Waals surface area contributed by atoms with Gasteiger partial charge in [0, 0.05) is 16.9 Å². The van der Waals surface area contributed by atoms with E-state index in [1.807, 2.05) is 6.92 Å². The molecule has 13 heavy (non-hydrogen) atoms. The van der Waals surface area contributed by atoms with Crippen LogP contribution in [0.25, 0.3) is 0 Å². The van der Waals surface area contributed by atoms with E-state index in [-0.39, 0.29) is 11.2 Å². The Morgan fingerprint density at radius 3 is 2.62 bits per heavy atom. The van der Waals surface area contributed by atoms with E-state index in [4.69, 9.17) is 5.73 Å². The topological polar surface area (TPSA) is 74.7 Å². The van der Waals surface area contributed by atoms with Crippen LogP contribution in [-0.4, -0.2) is 15.5 Å². The van der Waals surface area contributed by atoms with E-state index >= 15 is 0 Å². The molecule has 0 aromatic carbocycles. The SMILES string of the molecule is Cc1[nH]c(=O)[nH]c1CCC1(N)CC1. The minimum atomic E-state index is -0.116. The first-order valence-electron chi connectivity index (χ1n) is 4.66. The van der Waals surface area contributed by atoms with Crippen molar-refractivity contribution in [1.82, 2.24) is 9.97 Å². The summed E-state index contributed by atoms with van der Waals surface area (Å²) in [5, 5.41) is 0. The highest BCUT2D eigenvalue weighted by Gasteiger charge is 2.37. The van der Waals surface area contributed by atoms with E-state index in [1.54, 1.807) is 0 Å². The zero-order chi connectivity index (χ0) is 9.47. The molecule has 4 N–H and O–H groups in total. The first-order chi connectivity index (χ1) is 6.09. The number of nitrogens with two attached hydrogens (primary N) is 1. The van der Waals surface area contributed by atoms with E-state index in [0.717, 1.165) is 37.1 Å². The van der Waals surface area contributed by atoms with Crippen molar-refractivity contribution in [3.05, 3.63) is 21.9 Å². The van der Waals surface area contributed by atoms with Gasteiger partial charge in [0.15, 0.2) is 0 Å². The number of nitrogens with one attached hydrogen (secondary N) is 2. The Morgan fingerprint density at radius 2 is 2.15 bits per heavy atom. The van der Waals surface area contributed by atoms with E-state index in [2.05, 4.69) is 9.97 Å². The van der Waals surface area contributed by atoms with Crippen LogP contribution in [0.3, 0.4) is 0 Å². The van der Waals surface area contributed by atoms with Crippen molar-refractivity contribution in [3.8, 4) is 0 Å². The summed E-state index contributed by atoms with van der Waals surface area (Å²) < 4.78 is 0. The van der Waals surface area contributed by atoms with Crippen molar-refractivity contribution < 1.29 is 0 Å². The summed E-state index contributed by atoms with van der Waals surface area (Å²) in [4.78, 5) is 16.4. The number of aryl methyl sites for hydroxylation is 2. The van der Waals surface area contributed by atoms with Gasteiger partial charge in [0.05, 0.1) is 0 Å². The van der Waals surface area contributed by atoms with Crippen molar-refractivity contribution in [2.45, 2.75) is 38.1 Å². The fourth-order valence-corrected chi connectivity index (χ4v) is 1.54. The van der Waals surface area contributed by atoms with E-state index in [0.29, 0.717) is 0 Å². The molecule has 0 radical (unpaired) electrons. The molecule has 1 saturated carbocycles. The lowest BCUT2D eigenvalue weighted by Crippen LogP contribution is -2.22. The predicted molar refractivity (Wildman–Crippen MR) is 50.6 cm³/mol. The summed E-state index contributed by atoms with van der Waals surface area (Å²) in [6.07, 6.45) is 4.10. The molecule has 0 aliphatic heterocycles. The van der Waals surface area contributed by atoms with E-state index in [1.165, 1.54) is 0 Å². The van der Waals surface area contributed by atoms with Gasteiger partial charge < -0.3 is 15.7 Å². The summed E-state index contributed by atoms with van der Waals surface area (Å²) in [5.74, 6) is 0. The third-order valence-electron chi connectivity index (χ3n) is 2.78. The number of rotatable bonds is 3. The van der Waals surface area contributed by atoms with Crippen molar-refractivity contribution in [1.29, 1.82) is 0 Å². The van der Waals surface area contributed by atoms with Gasteiger partial charge in [0.25, 0.3) is 0 Å². The van der Waals surface area contributed by atoms with Gasteiger partial charge in [-0.1, -0.05) is 0 Å². The number of imidazole rings is 1. The summed E-state index contributed by atoms with van der Waals surface area (Å²) in [6, 6.07) is 0. The molecule has 0 spiro atoms. The van der Waals surface area contributed by atoms with Crippen LogP contribution in [0.1, 0.15) is 30.7 Å². The van der Waals surface area contributed by atoms with Crippen LogP contribution in [0.15, 0.2) is 4.79 Å². The molecule has 0 amide bonds. The van der Waals surface area contributed by atoms with Gasteiger partial charge in [-0.25, -0.2) is 4.79 Å². The predicted octanol–water partition coefficient (Wildman–Crippen LogP) is 0.435.